The molecule has 0 radical (unpaired) electrons. The molecule has 6 nitrogen and oxygen atoms in total. The van der Waals surface area contributed by atoms with E-state index in [1.165, 1.54) is 19.4 Å². The summed E-state index contributed by atoms with van der Waals surface area (Å²) in [5.41, 5.74) is -0.131. The number of rotatable bonds is 5. The molecule has 1 aromatic carbocycles. The fourth-order valence-corrected chi connectivity index (χ4v) is 5.90. The molecule has 1 saturated heterocycles. The van der Waals surface area contributed by atoms with Gasteiger partial charge in [0.25, 0.3) is 0 Å². The summed E-state index contributed by atoms with van der Waals surface area (Å²) in [6.45, 7) is 5.10. The van der Waals surface area contributed by atoms with Crippen molar-refractivity contribution in [3.05, 3.63) is 24.3 Å². The van der Waals surface area contributed by atoms with E-state index in [2.05, 4.69) is 4.90 Å². The summed E-state index contributed by atoms with van der Waals surface area (Å²) < 4.78 is 39.5. The first kappa shape index (κ1) is 19.2. The SMILES string of the molecule is COCCN1CC2(CCN(CC3CC3)CC2)COc2ccccc2S1(=O)=O. The van der Waals surface area contributed by atoms with Crippen LogP contribution < -0.4 is 4.74 Å². The van der Waals surface area contributed by atoms with Crippen molar-refractivity contribution < 1.29 is 17.9 Å². The number of para-hydroxylation sites is 1. The van der Waals surface area contributed by atoms with E-state index < -0.39 is 10.0 Å². The molecule has 3 aliphatic rings. The third-order valence-electron chi connectivity index (χ3n) is 6.19. The molecule has 2 fully saturated rings. The van der Waals surface area contributed by atoms with Crippen LogP contribution in [-0.2, 0) is 14.8 Å². The van der Waals surface area contributed by atoms with Crippen LogP contribution in [0.1, 0.15) is 25.7 Å². The Bertz CT molecular complexity index is 755. The van der Waals surface area contributed by atoms with Gasteiger partial charge in [-0.3, -0.25) is 0 Å². The molecular formula is C20H30N2O4S. The number of sulfonamides is 1. The molecule has 150 valence electrons. The number of methoxy groups -OCH3 is 1. The third kappa shape index (κ3) is 4.16. The average Bonchev–Trinajstić information content (AvgIpc) is 3.49. The maximum atomic E-state index is 13.3. The summed E-state index contributed by atoms with van der Waals surface area (Å²) >= 11 is 0. The van der Waals surface area contributed by atoms with Gasteiger partial charge >= 0.3 is 0 Å². The maximum absolute atomic E-state index is 13.3. The van der Waals surface area contributed by atoms with Crippen LogP contribution in [0.5, 0.6) is 5.75 Å². The van der Waals surface area contributed by atoms with Crippen LogP contribution in [0.4, 0.5) is 0 Å². The summed E-state index contributed by atoms with van der Waals surface area (Å²) in [7, 11) is -1.99. The highest BCUT2D eigenvalue weighted by molar-refractivity contribution is 7.89. The van der Waals surface area contributed by atoms with E-state index in [1.54, 1.807) is 29.6 Å². The van der Waals surface area contributed by atoms with Gasteiger partial charge in [0, 0.05) is 32.2 Å². The van der Waals surface area contributed by atoms with Gasteiger partial charge in [0.05, 0.1) is 13.2 Å². The molecule has 1 aromatic rings. The lowest BCUT2D eigenvalue weighted by atomic mass is 9.78. The molecule has 2 heterocycles. The highest BCUT2D eigenvalue weighted by Gasteiger charge is 2.43. The van der Waals surface area contributed by atoms with Gasteiger partial charge < -0.3 is 14.4 Å². The van der Waals surface area contributed by atoms with Crippen LogP contribution in [0.15, 0.2) is 29.2 Å². The minimum atomic E-state index is -3.60. The van der Waals surface area contributed by atoms with Crippen LogP contribution in [0.3, 0.4) is 0 Å². The molecule has 7 heteroatoms. The Morgan fingerprint density at radius 3 is 2.67 bits per heavy atom. The predicted octanol–water partition coefficient (Wildman–Crippen LogP) is 2.21. The highest BCUT2D eigenvalue weighted by Crippen LogP contribution is 2.40. The second kappa shape index (κ2) is 7.70. The molecule has 0 N–H and O–H groups in total. The second-order valence-corrected chi connectivity index (χ2v) is 10.2. The van der Waals surface area contributed by atoms with Gasteiger partial charge in [0.1, 0.15) is 10.6 Å². The molecule has 27 heavy (non-hydrogen) atoms. The van der Waals surface area contributed by atoms with Gasteiger partial charge in [0.2, 0.25) is 10.0 Å². The number of likely N-dealkylation sites (tertiary alicyclic amines) is 1. The number of nitrogens with zero attached hydrogens (tertiary/aromatic N) is 2. The largest absolute Gasteiger partial charge is 0.492 e. The first-order chi connectivity index (χ1) is 13.0. The predicted molar refractivity (Wildman–Crippen MR) is 103 cm³/mol. The fraction of sp³-hybridized carbons (Fsp3) is 0.700. The fourth-order valence-electron chi connectivity index (χ4n) is 4.23. The number of benzene rings is 1. The van der Waals surface area contributed by atoms with Gasteiger partial charge in [-0.1, -0.05) is 12.1 Å². The molecule has 1 aliphatic carbocycles. The highest BCUT2D eigenvalue weighted by atomic mass is 32.2. The van der Waals surface area contributed by atoms with E-state index in [0.717, 1.165) is 31.8 Å². The molecule has 0 bridgehead atoms. The number of hydrogen-bond acceptors (Lipinski definition) is 5. The maximum Gasteiger partial charge on any atom is 0.246 e. The quantitative estimate of drug-likeness (QED) is 0.766. The van der Waals surface area contributed by atoms with E-state index in [1.807, 2.05) is 6.07 Å². The van der Waals surface area contributed by atoms with Crippen molar-refractivity contribution in [2.45, 2.75) is 30.6 Å². The topological polar surface area (TPSA) is 59.1 Å². The first-order valence-electron chi connectivity index (χ1n) is 9.96. The van der Waals surface area contributed by atoms with Crippen LogP contribution in [0, 0.1) is 11.3 Å². The third-order valence-corrected chi connectivity index (χ3v) is 8.07. The molecular weight excluding hydrogens is 364 g/mol. The lowest BCUT2D eigenvalue weighted by Crippen LogP contribution is -2.52. The Balaban J connectivity index is 1.58. The lowest BCUT2D eigenvalue weighted by molar-refractivity contribution is 0.0301. The van der Waals surface area contributed by atoms with E-state index in [4.69, 9.17) is 9.47 Å². The minimum absolute atomic E-state index is 0.131. The van der Waals surface area contributed by atoms with Crippen LogP contribution in [-0.4, -0.2) is 70.7 Å². The minimum Gasteiger partial charge on any atom is -0.492 e. The molecule has 0 aromatic heterocycles. The smallest absolute Gasteiger partial charge is 0.246 e. The van der Waals surface area contributed by atoms with Crippen molar-refractivity contribution in [1.82, 2.24) is 9.21 Å². The second-order valence-electron chi connectivity index (χ2n) is 8.31. The van der Waals surface area contributed by atoms with Crippen molar-refractivity contribution >= 4 is 10.0 Å². The Labute approximate surface area is 162 Å². The number of piperidine rings is 1. The molecule has 0 unspecified atom stereocenters. The summed E-state index contributed by atoms with van der Waals surface area (Å²) in [6, 6.07) is 6.99. The summed E-state index contributed by atoms with van der Waals surface area (Å²) in [5, 5.41) is 0. The van der Waals surface area contributed by atoms with E-state index in [0.29, 0.717) is 32.1 Å². The van der Waals surface area contributed by atoms with E-state index in [-0.39, 0.29) is 10.3 Å². The van der Waals surface area contributed by atoms with E-state index >= 15 is 0 Å². The molecule has 1 saturated carbocycles. The number of ether oxygens (including phenoxy) is 2. The van der Waals surface area contributed by atoms with Gasteiger partial charge in [-0.05, 0) is 56.8 Å². The Morgan fingerprint density at radius 1 is 1.22 bits per heavy atom. The molecule has 0 atom stereocenters. The van der Waals surface area contributed by atoms with Crippen LogP contribution in [0.2, 0.25) is 0 Å². The zero-order valence-corrected chi connectivity index (χ0v) is 16.9. The molecule has 4 rings (SSSR count). The molecule has 0 amide bonds. The standard InChI is InChI=1S/C20H30N2O4S/c1-25-13-12-22-15-20(8-10-21(11-9-20)14-17-6-7-17)16-26-18-4-2-3-5-19(18)27(22,23)24/h2-5,17H,6-16H2,1H3. The lowest BCUT2D eigenvalue weighted by Gasteiger charge is -2.45. The summed E-state index contributed by atoms with van der Waals surface area (Å²) in [6.07, 6.45) is 4.68. The van der Waals surface area contributed by atoms with Crippen molar-refractivity contribution in [2.75, 3.05) is 53.0 Å². The summed E-state index contributed by atoms with van der Waals surface area (Å²) in [4.78, 5) is 2.81. The number of fused-ring (bicyclic) bond motifs is 1. The Hall–Kier alpha value is -1.15. The summed E-state index contributed by atoms with van der Waals surface area (Å²) in [5.74, 6) is 1.36. The van der Waals surface area contributed by atoms with Gasteiger partial charge in [-0.15, -0.1) is 0 Å². The first-order valence-corrected chi connectivity index (χ1v) is 11.4. The van der Waals surface area contributed by atoms with E-state index in [9.17, 15) is 8.42 Å². The van der Waals surface area contributed by atoms with Crippen molar-refractivity contribution in [3.8, 4) is 5.75 Å². The van der Waals surface area contributed by atoms with Gasteiger partial charge in [-0.2, -0.15) is 4.31 Å². The Morgan fingerprint density at radius 2 is 1.96 bits per heavy atom. The number of hydrogen-bond donors (Lipinski definition) is 0. The Kier molecular flexibility index (Phi) is 5.47. The van der Waals surface area contributed by atoms with Gasteiger partial charge in [0.15, 0.2) is 0 Å². The van der Waals surface area contributed by atoms with Crippen LogP contribution >= 0.6 is 0 Å². The average molecular weight is 395 g/mol. The zero-order chi connectivity index (χ0) is 18.9. The normalized spacial score (nSPS) is 25.4. The van der Waals surface area contributed by atoms with Crippen molar-refractivity contribution in [2.24, 2.45) is 11.3 Å². The molecule has 2 aliphatic heterocycles. The zero-order valence-electron chi connectivity index (χ0n) is 16.1. The van der Waals surface area contributed by atoms with Crippen molar-refractivity contribution in [1.29, 1.82) is 0 Å². The van der Waals surface area contributed by atoms with Crippen LogP contribution in [0.25, 0.3) is 0 Å². The molecule has 1 spiro atoms. The monoisotopic (exact) mass is 394 g/mol. The van der Waals surface area contributed by atoms with Crippen molar-refractivity contribution in [3.63, 3.8) is 0 Å². The van der Waals surface area contributed by atoms with Gasteiger partial charge in [-0.25, -0.2) is 8.42 Å².